The zero-order chi connectivity index (χ0) is 24.6. The van der Waals surface area contributed by atoms with Gasteiger partial charge >= 0.3 is 0 Å². The number of aromatic nitrogens is 7. The lowest BCUT2D eigenvalue weighted by molar-refractivity contribution is 0.628. The van der Waals surface area contributed by atoms with Crippen LogP contribution in [0.15, 0.2) is 61.3 Å². The van der Waals surface area contributed by atoms with Gasteiger partial charge in [0, 0.05) is 36.3 Å². The van der Waals surface area contributed by atoms with E-state index in [1.807, 2.05) is 13.0 Å². The summed E-state index contributed by atoms with van der Waals surface area (Å²) >= 11 is 0. The van der Waals surface area contributed by atoms with Crippen molar-refractivity contribution in [3.8, 4) is 33.9 Å². The molecule has 0 atom stereocenters. The van der Waals surface area contributed by atoms with E-state index in [-0.39, 0.29) is 16.9 Å². The summed E-state index contributed by atoms with van der Waals surface area (Å²) in [7, 11) is 0. The Morgan fingerprint density at radius 2 is 1.81 bits per heavy atom. The highest BCUT2D eigenvalue weighted by Gasteiger charge is 2.21. The lowest BCUT2D eigenvalue weighted by Gasteiger charge is -2.07. The summed E-state index contributed by atoms with van der Waals surface area (Å²) in [5, 5.41) is 10.7. The highest BCUT2D eigenvalue weighted by Crippen LogP contribution is 2.34. The summed E-state index contributed by atoms with van der Waals surface area (Å²) in [6.45, 7) is 3.45. The Hall–Kier alpha value is -4.57. The van der Waals surface area contributed by atoms with Crippen molar-refractivity contribution in [2.45, 2.75) is 13.5 Å². The van der Waals surface area contributed by atoms with E-state index in [0.29, 0.717) is 51.3 Å². The summed E-state index contributed by atoms with van der Waals surface area (Å²) in [5.41, 5.74) is 4.92. The molecular formula is C26H20F2N8. The first-order valence-corrected chi connectivity index (χ1v) is 11.4. The second-order valence-corrected chi connectivity index (χ2v) is 8.32. The molecule has 6 rings (SSSR count). The average molecular weight is 482 g/mol. The molecule has 0 bridgehead atoms. The molecule has 0 saturated carbocycles. The molecule has 0 radical (unpaired) electrons. The summed E-state index contributed by atoms with van der Waals surface area (Å²) < 4.78 is 29.7. The molecule has 5 heterocycles. The molecule has 0 amide bonds. The van der Waals surface area contributed by atoms with Gasteiger partial charge in [-0.25, -0.2) is 13.8 Å². The first-order chi connectivity index (χ1) is 17.6. The van der Waals surface area contributed by atoms with E-state index in [2.05, 4.69) is 35.5 Å². The predicted molar refractivity (Wildman–Crippen MR) is 133 cm³/mol. The van der Waals surface area contributed by atoms with Crippen molar-refractivity contribution in [3.63, 3.8) is 0 Å². The number of hydrogen-bond donors (Lipinski definition) is 3. The molecule has 10 heteroatoms. The summed E-state index contributed by atoms with van der Waals surface area (Å²) in [6.07, 6.45) is 8.12. The molecule has 0 fully saturated rings. The zero-order valence-corrected chi connectivity index (χ0v) is 19.2. The van der Waals surface area contributed by atoms with E-state index >= 15 is 4.39 Å². The van der Waals surface area contributed by atoms with Crippen LogP contribution in [0.4, 0.5) is 8.78 Å². The molecule has 36 heavy (non-hydrogen) atoms. The van der Waals surface area contributed by atoms with Gasteiger partial charge in [0.25, 0.3) is 0 Å². The van der Waals surface area contributed by atoms with Gasteiger partial charge in [-0.05, 0) is 35.9 Å². The number of fused-ring (bicyclic) bond motifs is 2. The van der Waals surface area contributed by atoms with Gasteiger partial charge in [0.2, 0.25) is 0 Å². The summed E-state index contributed by atoms with van der Waals surface area (Å²) in [4.78, 5) is 20.7. The third-order valence-electron chi connectivity index (χ3n) is 5.95. The number of imidazole rings is 1. The van der Waals surface area contributed by atoms with E-state index in [4.69, 9.17) is 4.98 Å². The monoisotopic (exact) mass is 482 g/mol. The number of rotatable bonds is 6. The number of hydrogen-bond acceptors (Lipinski definition) is 6. The van der Waals surface area contributed by atoms with Gasteiger partial charge in [0.15, 0.2) is 11.6 Å². The lowest BCUT2D eigenvalue weighted by atomic mass is 10.1. The predicted octanol–water partition coefficient (Wildman–Crippen LogP) is 5.01. The molecule has 0 aliphatic rings. The van der Waals surface area contributed by atoms with E-state index in [1.54, 1.807) is 43.1 Å². The van der Waals surface area contributed by atoms with Crippen LogP contribution in [0.5, 0.6) is 0 Å². The molecule has 5 aromatic heterocycles. The normalized spacial score (nSPS) is 11.5. The average Bonchev–Trinajstić information content (AvgIpc) is 3.52. The molecule has 0 unspecified atom stereocenters. The highest BCUT2D eigenvalue weighted by atomic mass is 19.1. The van der Waals surface area contributed by atoms with Crippen molar-refractivity contribution in [2.24, 2.45) is 0 Å². The number of nitrogens with zero attached hydrogens (tertiary/aromatic N) is 5. The molecule has 178 valence electrons. The first kappa shape index (κ1) is 21.9. The first-order valence-electron chi connectivity index (χ1n) is 11.4. The van der Waals surface area contributed by atoms with Crippen LogP contribution in [0.2, 0.25) is 0 Å². The van der Waals surface area contributed by atoms with Crippen LogP contribution in [0.25, 0.3) is 55.8 Å². The topological polar surface area (TPSA) is 108 Å². The summed E-state index contributed by atoms with van der Waals surface area (Å²) in [5.74, 6) is -0.524. The Morgan fingerprint density at radius 3 is 2.67 bits per heavy atom. The third kappa shape index (κ3) is 3.77. The van der Waals surface area contributed by atoms with Crippen LogP contribution < -0.4 is 5.32 Å². The maximum absolute atomic E-state index is 15.9. The number of pyridine rings is 3. The molecule has 6 aromatic rings. The number of H-pyrrole nitrogens is 2. The van der Waals surface area contributed by atoms with Crippen molar-refractivity contribution in [3.05, 3.63) is 78.5 Å². The van der Waals surface area contributed by atoms with Crippen LogP contribution in [0.1, 0.15) is 12.5 Å². The van der Waals surface area contributed by atoms with Crippen LogP contribution in [0, 0.1) is 11.6 Å². The molecule has 8 nitrogen and oxygen atoms in total. The van der Waals surface area contributed by atoms with E-state index in [9.17, 15) is 4.39 Å². The smallest absolute Gasteiger partial charge is 0.161 e. The summed E-state index contributed by atoms with van der Waals surface area (Å²) in [6, 6.07) is 8.08. The third-order valence-corrected chi connectivity index (χ3v) is 5.95. The highest BCUT2D eigenvalue weighted by molar-refractivity contribution is 5.97. The van der Waals surface area contributed by atoms with E-state index in [1.165, 1.54) is 12.1 Å². The van der Waals surface area contributed by atoms with Gasteiger partial charge in [-0.3, -0.25) is 20.1 Å². The maximum Gasteiger partial charge on any atom is 0.161 e. The molecule has 0 spiro atoms. The zero-order valence-electron chi connectivity index (χ0n) is 19.2. The van der Waals surface area contributed by atoms with E-state index < -0.39 is 5.82 Å². The molecule has 1 aromatic carbocycles. The van der Waals surface area contributed by atoms with Crippen molar-refractivity contribution >= 4 is 21.9 Å². The molecule has 0 aliphatic carbocycles. The van der Waals surface area contributed by atoms with Gasteiger partial charge in [0.1, 0.15) is 17.2 Å². The Labute approximate surface area is 203 Å². The standard InChI is InChI=1S/C26H20F2N8/c1-2-29-8-14-6-16(10-30-9-14)23-22(28)21-19(13-32-23)35-36-25(21)26-33-20-12-31-11-18(24(20)34-26)15-4-3-5-17(27)7-15/h3-7,9-13,29H,2,8H2,1H3,(H,33,34)(H,35,36). The minimum atomic E-state index is -0.525. The lowest BCUT2D eigenvalue weighted by Crippen LogP contribution is -2.11. The Morgan fingerprint density at radius 1 is 0.917 bits per heavy atom. The van der Waals surface area contributed by atoms with Crippen molar-refractivity contribution in [1.82, 2.24) is 40.4 Å². The van der Waals surface area contributed by atoms with Gasteiger partial charge in [-0.1, -0.05) is 19.1 Å². The molecule has 0 aliphatic heterocycles. The Balaban J connectivity index is 1.48. The maximum atomic E-state index is 15.9. The van der Waals surface area contributed by atoms with Gasteiger partial charge in [-0.2, -0.15) is 5.10 Å². The SMILES string of the molecule is CCNCc1cncc(-c2ncc3[nH]nc(-c4nc5c(-c6cccc(F)c6)cncc5[nH]4)c3c2F)c1. The fourth-order valence-corrected chi connectivity index (χ4v) is 4.24. The molecule has 0 saturated heterocycles. The number of aromatic amines is 2. The Kier molecular flexibility index (Phi) is 5.42. The van der Waals surface area contributed by atoms with Crippen molar-refractivity contribution in [2.75, 3.05) is 6.54 Å². The quantitative estimate of drug-likeness (QED) is 0.308. The number of nitrogens with one attached hydrogen (secondary N) is 3. The van der Waals surface area contributed by atoms with Crippen LogP contribution >= 0.6 is 0 Å². The largest absolute Gasteiger partial charge is 0.335 e. The fourth-order valence-electron chi connectivity index (χ4n) is 4.24. The van der Waals surface area contributed by atoms with E-state index in [0.717, 1.165) is 12.1 Å². The van der Waals surface area contributed by atoms with Crippen molar-refractivity contribution < 1.29 is 8.78 Å². The molecule has 3 N–H and O–H groups in total. The van der Waals surface area contributed by atoms with Crippen LogP contribution in [0.3, 0.4) is 0 Å². The van der Waals surface area contributed by atoms with Gasteiger partial charge < -0.3 is 10.3 Å². The van der Waals surface area contributed by atoms with Crippen LogP contribution in [-0.4, -0.2) is 41.7 Å². The van der Waals surface area contributed by atoms with Gasteiger partial charge in [-0.15, -0.1) is 0 Å². The molecular weight excluding hydrogens is 462 g/mol. The van der Waals surface area contributed by atoms with Crippen LogP contribution in [-0.2, 0) is 6.54 Å². The minimum absolute atomic E-state index is 0.175. The Bertz CT molecular complexity index is 1720. The number of benzene rings is 1. The van der Waals surface area contributed by atoms with Gasteiger partial charge in [0.05, 0.1) is 34.3 Å². The number of halogens is 2. The van der Waals surface area contributed by atoms with Crippen molar-refractivity contribution in [1.29, 1.82) is 0 Å². The second-order valence-electron chi connectivity index (χ2n) is 8.32. The minimum Gasteiger partial charge on any atom is -0.335 e. The fraction of sp³-hybridized carbons (Fsp3) is 0.115. The second kappa shape index (κ2) is 8.90.